The zero-order valence-corrected chi connectivity index (χ0v) is 26.1. The number of aromatic nitrogens is 2. The van der Waals surface area contributed by atoms with Crippen molar-refractivity contribution in [3.8, 4) is 17.2 Å². The molecule has 4 heterocycles. The maximum absolute atomic E-state index is 6.72. The van der Waals surface area contributed by atoms with Gasteiger partial charge in [-0.2, -0.15) is 0 Å². The van der Waals surface area contributed by atoms with Crippen LogP contribution in [0.25, 0.3) is 27.6 Å². The molecule has 8 rings (SSSR count). The molecule has 45 heavy (non-hydrogen) atoms. The van der Waals surface area contributed by atoms with Crippen LogP contribution in [0.3, 0.4) is 0 Å². The summed E-state index contributed by atoms with van der Waals surface area (Å²) in [5.74, 6) is 1.55. The highest BCUT2D eigenvalue weighted by atomic mass is 16.5. The lowest BCUT2D eigenvalue weighted by atomic mass is 9.88. The molecule has 0 unspecified atom stereocenters. The number of rotatable bonds is 5. The average Bonchev–Trinajstić information content (AvgIpc) is 3.64. The predicted molar refractivity (Wildman–Crippen MR) is 184 cm³/mol. The lowest BCUT2D eigenvalue weighted by Crippen LogP contribution is -2.49. The molecular weight excluding hydrogens is 556 g/mol. The summed E-state index contributed by atoms with van der Waals surface area (Å²) in [6.45, 7) is 6.12. The third-order valence-electron chi connectivity index (χ3n) is 9.30. The van der Waals surface area contributed by atoms with Crippen molar-refractivity contribution >= 4 is 39.0 Å². The zero-order chi connectivity index (χ0) is 30.7. The molecule has 0 N–H and O–H groups in total. The number of ether oxygens (including phenoxy) is 1. The molecule has 2 aliphatic heterocycles. The van der Waals surface area contributed by atoms with Crippen molar-refractivity contribution < 1.29 is 4.74 Å². The first-order valence-corrected chi connectivity index (χ1v) is 15.4. The molecule has 0 bridgehead atoms. The van der Waals surface area contributed by atoms with Gasteiger partial charge in [-0.05, 0) is 68.9 Å². The van der Waals surface area contributed by atoms with Crippen molar-refractivity contribution in [2.45, 2.75) is 19.4 Å². The van der Waals surface area contributed by atoms with Crippen molar-refractivity contribution in [2.75, 3.05) is 37.2 Å². The lowest BCUT2D eigenvalue weighted by Gasteiger charge is -2.47. The van der Waals surface area contributed by atoms with Crippen molar-refractivity contribution in [3.63, 3.8) is 0 Å². The minimum atomic E-state index is -0.0577. The molecule has 4 aromatic carbocycles. The molecule has 224 valence electrons. The number of hydrogen-bond acceptors (Lipinski definition) is 6. The Balaban J connectivity index is 1.22. The smallest absolute Gasteiger partial charge is 0.145 e. The first-order valence-electron chi connectivity index (χ1n) is 15.4. The van der Waals surface area contributed by atoms with E-state index in [0.717, 1.165) is 58.4 Å². The van der Waals surface area contributed by atoms with E-state index in [4.69, 9.17) is 9.72 Å². The molecule has 0 saturated heterocycles. The number of para-hydroxylation sites is 2. The summed E-state index contributed by atoms with van der Waals surface area (Å²) in [5.41, 5.74) is 7.66. The molecule has 0 aliphatic carbocycles. The highest BCUT2D eigenvalue weighted by Crippen LogP contribution is 2.43. The third-order valence-corrected chi connectivity index (χ3v) is 9.30. The number of hydrogen-bond donors (Lipinski definition) is 0. The predicted octanol–water partition coefficient (Wildman–Crippen LogP) is 8.43. The summed E-state index contributed by atoms with van der Waals surface area (Å²) < 4.78 is 8.96. The van der Waals surface area contributed by atoms with Gasteiger partial charge in [0.05, 0.1) is 24.5 Å². The van der Waals surface area contributed by atoms with E-state index in [0.29, 0.717) is 0 Å². The minimum Gasteiger partial charge on any atom is -0.457 e. The Kier molecular flexibility index (Phi) is 6.32. The van der Waals surface area contributed by atoms with Crippen molar-refractivity contribution in [2.24, 2.45) is 0 Å². The Bertz CT molecular complexity index is 2040. The average molecular weight is 593 g/mol. The molecule has 7 nitrogen and oxygen atoms in total. The summed E-state index contributed by atoms with van der Waals surface area (Å²) in [6, 6.07) is 36.2. The number of benzene rings is 4. The Labute approximate surface area is 263 Å². The second-order valence-corrected chi connectivity index (χ2v) is 12.5. The van der Waals surface area contributed by atoms with Crippen LogP contribution in [0.4, 0.5) is 17.1 Å². The second-order valence-electron chi connectivity index (χ2n) is 12.5. The van der Waals surface area contributed by atoms with Gasteiger partial charge in [0.25, 0.3) is 0 Å². The molecule has 0 atom stereocenters. The van der Waals surface area contributed by atoms with Crippen LogP contribution in [0.1, 0.15) is 19.4 Å². The van der Waals surface area contributed by atoms with Crippen molar-refractivity contribution in [3.05, 3.63) is 127 Å². The SMILES string of the molecule is CN1C=CN(c2cc(Oc3cccc(N4CN(C)C(C)(C)c5ccccc54)c3)cc(-n3c4ccccc4c4cccnc43)c2)C1. The molecule has 2 aliphatic rings. The molecule has 6 aromatic rings. The van der Waals surface area contributed by atoms with E-state index in [-0.39, 0.29) is 5.54 Å². The van der Waals surface area contributed by atoms with Gasteiger partial charge in [-0.15, -0.1) is 0 Å². The van der Waals surface area contributed by atoms with E-state index >= 15 is 0 Å². The fourth-order valence-corrected chi connectivity index (χ4v) is 6.64. The standard InChI is InChI=1S/C38H36N6O/c1-38(2)34-15-6-8-17-36(34)43(26-41(38)4)27-11-9-12-30(22-27)45-31-23-28(42-20-19-40(3)25-42)21-29(24-31)44-35-16-7-5-13-32(35)33-14-10-18-39-37(33)44/h5-24H,25-26H2,1-4H3. The Morgan fingerprint density at radius 1 is 0.689 bits per heavy atom. The lowest BCUT2D eigenvalue weighted by molar-refractivity contribution is 0.150. The number of anilines is 3. The van der Waals surface area contributed by atoms with Crippen LogP contribution in [0.15, 0.2) is 122 Å². The molecule has 0 radical (unpaired) electrons. The normalized spacial score (nSPS) is 16.1. The van der Waals surface area contributed by atoms with Gasteiger partial charge in [0, 0.05) is 77.2 Å². The van der Waals surface area contributed by atoms with Gasteiger partial charge in [-0.3, -0.25) is 9.47 Å². The Morgan fingerprint density at radius 2 is 1.47 bits per heavy atom. The van der Waals surface area contributed by atoms with Crippen LogP contribution in [0, 0.1) is 0 Å². The van der Waals surface area contributed by atoms with E-state index in [1.54, 1.807) is 0 Å². The Morgan fingerprint density at radius 3 is 2.33 bits per heavy atom. The second kappa shape index (κ2) is 10.4. The van der Waals surface area contributed by atoms with Gasteiger partial charge in [-0.25, -0.2) is 4.98 Å². The zero-order valence-electron chi connectivity index (χ0n) is 26.1. The monoisotopic (exact) mass is 592 g/mol. The number of fused-ring (bicyclic) bond motifs is 4. The van der Waals surface area contributed by atoms with E-state index in [1.807, 2.05) is 18.3 Å². The quantitative estimate of drug-likeness (QED) is 0.200. The van der Waals surface area contributed by atoms with E-state index < -0.39 is 0 Å². The van der Waals surface area contributed by atoms with Crippen molar-refractivity contribution in [1.82, 2.24) is 19.4 Å². The molecular formula is C38H36N6O. The number of nitrogens with zero attached hydrogens (tertiary/aromatic N) is 6. The maximum Gasteiger partial charge on any atom is 0.145 e. The van der Waals surface area contributed by atoms with Gasteiger partial charge in [-0.1, -0.05) is 42.5 Å². The third kappa shape index (κ3) is 4.59. The van der Waals surface area contributed by atoms with Crippen LogP contribution < -0.4 is 14.5 Å². The summed E-state index contributed by atoms with van der Waals surface area (Å²) in [6.07, 6.45) is 6.06. The largest absolute Gasteiger partial charge is 0.457 e. The molecule has 2 aromatic heterocycles. The minimum absolute atomic E-state index is 0.0577. The van der Waals surface area contributed by atoms with Crippen LogP contribution in [-0.2, 0) is 5.54 Å². The summed E-state index contributed by atoms with van der Waals surface area (Å²) in [7, 11) is 4.27. The highest BCUT2D eigenvalue weighted by Gasteiger charge is 2.35. The van der Waals surface area contributed by atoms with Crippen LogP contribution in [0.5, 0.6) is 11.5 Å². The first kappa shape index (κ1) is 27.3. The molecule has 0 saturated carbocycles. The summed E-state index contributed by atoms with van der Waals surface area (Å²) in [5, 5.41) is 2.31. The fraction of sp³-hybridized carbons (Fsp3) is 0.184. The van der Waals surface area contributed by atoms with Crippen LogP contribution >= 0.6 is 0 Å². The summed E-state index contributed by atoms with van der Waals surface area (Å²) in [4.78, 5) is 14.0. The molecule has 0 spiro atoms. The molecule has 0 amide bonds. The van der Waals surface area contributed by atoms with E-state index in [2.05, 4.69) is 156 Å². The summed E-state index contributed by atoms with van der Waals surface area (Å²) >= 11 is 0. The first-order chi connectivity index (χ1) is 21.9. The van der Waals surface area contributed by atoms with E-state index in [1.165, 1.54) is 16.6 Å². The fourth-order valence-electron chi connectivity index (χ4n) is 6.64. The van der Waals surface area contributed by atoms with Gasteiger partial charge in [0.1, 0.15) is 17.1 Å². The van der Waals surface area contributed by atoms with Gasteiger partial charge >= 0.3 is 0 Å². The topological polar surface area (TPSA) is 40.0 Å². The Hall–Kier alpha value is -5.27. The molecule has 0 fully saturated rings. The van der Waals surface area contributed by atoms with Crippen molar-refractivity contribution in [1.29, 1.82) is 0 Å². The van der Waals surface area contributed by atoms with Crippen LogP contribution in [-0.4, -0.2) is 46.8 Å². The van der Waals surface area contributed by atoms with Gasteiger partial charge in [0.15, 0.2) is 0 Å². The van der Waals surface area contributed by atoms with Crippen LogP contribution in [0.2, 0.25) is 0 Å². The van der Waals surface area contributed by atoms with Gasteiger partial charge < -0.3 is 19.4 Å². The van der Waals surface area contributed by atoms with E-state index in [9.17, 15) is 0 Å². The maximum atomic E-state index is 6.72. The van der Waals surface area contributed by atoms with Gasteiger partial charge in [0.2, 0.25) is 0 Å². The number of pyridine rings is 1. The highest BCUT2D eigenvalue weighted by molar-refractivity contribution is 6.07. The molecule has 7 heteroatoms.